The average Bonchev–Trinajstić information content (AvgIpc) is 3.20. The van der Waals surface area contributed by atoms with Crippen molar-refractivity contribution in [1.29, 1.82) is 0 Å². The highest BCUT2D eigenvalue weighted by Crippen LogP contribution is 2.32. The molecule has 1 amide bonds. The molecule has 1 fully saturated rings. The summed E-state index contributed by atoms with van der Waals surface area (Å²) < 4.78 is 7.01. The Morgan fingerprint density at radius 3 is 2.88 bits per heavy atom. The summed E-state index contributed by atoms with van der Waals surface area (Å²) in [5.74, 6) is 1.64. The Morgan fingerprint density at radius 1 is 1.18 bits per heavy atom. The van der Waals surface area contributed by atoms with E-state index in [0.29, 0.717) is 22.7 Å². The lowest BCUT2D eigenvalue weighted by atomic mass is 9.97. The van der Waals surface area contributed by atoms with Gasteiger partial charge in [0.15, 0.2) is 5.13 Å². The van der Waals surface area contributed by atoms with E-state index in [4.69, 9.17) is 9.72 Å². The molecule has 4 aromatic rings. The zero-order valence-corrected chi connectivity index (χ0v) is 20.1. The second-order valence-electron chi connectivity index (χ2n) is 8.40. The van der Waals surface area contributed by atoms with Gasteiger partial charge in [-0.15, -0.1) is 0 Å². The summed E-state index contributed by atoms with van der Waals surface area (Å²) in [5, 5.41) is 6.80. The van der Waals surface area contributed by atoms with E-state index in [-0.39, 0.29) is 11.9 Å². The highest BCUT2D eigenvalue weighted by atomic mass is 32.1. The van der Waals surface area contributed by atoms with Crippen LogP contribution in [0.15, 0.2) is 48.7 Å². The van der Waals surface area contributed by atoms with Crippen LogP contribution >= 0.6 is 11.3 Å². The number of benzene rings is 2. The number of carbonyl (C=O) groups is 1. The monoisotopic (exact) mass is 474 g/mol. The van der Waals surface area contributed by atoms with Gasteiger partial charge in [0, 0.05) is 44.9 Å². The molecule has 8 nitrogen and oxygen atoms in total. The van der Waals surface area contributed by atoms with Gasteiger partial charge >= 0.3 is 0 Å². The Morgan fingerprint density at radius 2 is 2.06 bits per heavy atom. The first-order valence-corrected chi connectivity index (χ1v) is 12.0. The van der Waals surface area contributed by atoms with Crippen molar-refractivity contribution in [1.82, 2.24) is 20.3 Å². The summed E-state index contributed by atoms with van der Waals surface area (Å²) in [4.78, 5) is 27.3. The number of amides is 1. The molecule has 2 aromatic heterocycles. The summed E-state index contributed by atoms with van der Waals surface area (Å²) >= 11 is 1.41. The van der Waals surface area contributed by atoms with E-state index < -0.39 is 0 Å². The fraction of sp³-hybridized carbons (Fsp3) is 0.280. The number of rotatable bonds is 5. The van der Waals surface area contributed by atoms with Gasteiger partial charge in [-0.3, -0.25) is 4.79 Å². The quantitative estimate of drug-likeness (QED) is 0.437. The number of aromatic nitrogens is 3. The molecule has 9 heteroatoms. The molecule has 1 aliphatic rings. The highest BCUT2D eigenvalue weighted by molar-refractivity contribution is 7.22. The van der Waals surface area contributed by atoms with Gasteiger partial charge in [0.1, 0.15) is 5.75 Å². The van der Waals surface area contributed by atoms with E-state index in [2.05, 4.69) is 57.5 Å². The number of ether oxygens (including phenoxy) is 1. The molecule has 2 aromatic carbocycles. The van der Waals surface area contributed by atoms with Crippen molar-refractivity contribution in [2.75, 3.05) is 29.9 Å². The van der Waals surface area contributed by atoms with Crippen LogP contribution in [0.5, 0.6) is 11.6 Å². The number of hydrogen-bond donors (Lipinski definition) is 2. The Bertz CT molecular complexity index is 1350. The Kier molecular flexibility index (Phi) is 6.12. The standard InChI is InChI=1S/C25H26N6O2S/c1-15-4-6-19(16(2)12-15)21-14-26-10-11-31(21)24-27-9-8-23(30-24)33-18-5-7-20-22(13-18)34-25(29-20)28-17(3)32/h4-9,12-13,21,26H,10-11,14H2,1-3H3,(H,28,29,32). The molecular formula is C25H26N6O2S. The van der Waals surface area contributed by atoms with Gasteiger partial charge in [0.05, 0.1) is 16.3 Å². The van der Waals surface area contributed by atoms with E-state index in [0.717, 1.165) is 29.9 Å². The summed E-state index contributed by atoms with van der Waals surface area (Å²) in [6.07, 6.45) is 1.73. The molecule has 1 aliphatic heterocycles. The number of nitrogens with zero attached hydrogens (tertiary/aromatic N) is 4. The van der Waals surface area contributed by atoms with Crippen LogP contribution in [0.1, 0.15) is 29.7 Å². The van der Waals surface area contributed by atoms with Crippen LogP contribution in [0, 0.1) is 13.8 Å². The van der Waals surface area contributed by atoms with Crippen LogP contribution in [0.4, 0.5) is 11.1 Å². The number of piperazine rings is 1. The number of hydrogen-bond acceptors (Lipinski definition) is 8. The third kappa shape index (κ3) is 4.71. The summed E-state index contributed by atoms with van der Waals surface area (Å²) in [5.41, 5.74) is 4.60. The van der Waals surface area contributed by atoms with E-state index in [1.54, 1.807) is 12.3 Å². The molecule has 0 saturated carbocycles. The lowest BCUT2D eigenvalue weighted by Crippen LogP contribution is -2.47. The molecule has 0 radical (unpaired) electrons. The molecule has 0 bridgehead atoms. The van der Waals surface area contributed by atoms with Crippen LogP contribution in [-0.4, -0.2) is 40.5 Å². The van der Waals surface area contributed by atoms with Gasteiger partial charge < -0.3 is 20.3 Å². The molecule has 174 valence electrons. The maximum absolute atomic E-state index is 11.3. The first-order chi connectivity index (χ1) is 16.5. The topological polar surface area (TPSA) is 92.3 Å². The van der Waals surface area contributed by atoms with Gasteiger partial charge in [-0.1, -0.05) is 35.1 Å². The van der Waals surface area contributed by atoms with Crippen LogP contribution in [0.25, 0.3) is 10.2 Å². The van der Waals surface area contributed by atoms with Crippen LogP contribution in [-0.2, 0) is 4.79 Å². The maximum Gasteiger partial charge on any atom is 0.229 e. The molecule has 1 unspecified atom stereocenters. The van der Waals surface area contributed by atoms with Crippen LogP contribution in [0.3, 0.4) is 0 Å². The molecule has 3 heterocycles. The minimum Gasteiger partial charge on any atom is -0.439 e. The highest BCUT2D eigenvalue weighted by Gasteiger charge is 2.27. The van der Waals surface area contributed by atoms with Crippen molar-refractivity contribution in [3.8, 4) is 11.6 Å². The van der Waals surface area contributed by atoms with Gasteiger partial charge in [-0.2, -0.15) is 4.98 Å². The molecule has 5 rings (SSSR count). The number of thiazole rings is 1. The fourth-order valence-corrected chi connectivity index (χ4v) is 5.18. The molecule has 0 aliphatic carbocycles. The first-order valence-electron chi connectivity index (χ1n) is 11.2. The third-order valence-electron chi connectivity index (χ3n) is 5.77. The fourth-order valence-electron chi connectivity index (χ4n) is 4.24. The molecular weight excluding hydrogens is 448 g/mol. The van der Waals surface area contributed by atoms with Crippen LogP contribution in [0.2, 0.25) is 0 Å². The van der Waals surface area contributed by atoms with Crippen molar-refractivity contribution in [3.63, 3.8) is 0 Å². The summed E-state index contributed by atoms with van der Waals surface area (Å²) in [6.45, 7) is 8.24. The molecule has 1 atom stereocenters. The van der Waals surface area contributed by atoms with Gasteiger partial charge in [-0.05, 0) is 37.1 Å². The number of carbonyl (C=O) groups excluding carboxylic acids is 1. The zero-order valence-electron chi connectivity index (χ0n) is 19.3. The van der Waals surface area contributed by atoms with Crippen LogP contribution < -0.4 is 20.3 Å². The number of nitrogens with one attached hydrogen (secondary N) is 2. The van der Waals surface area contributed by atoms with E-state index in [9.17, 15) is 4.79 Å². The van der Waals surface area contributed by atoms with E-state index in [1.165, 1.54) is 35.0 Å². The molecule has 2 N–H and O–H groups in total. The smallest absolute Gasteiger partial charge is 0.229 e. The van der Waals surface area contributed by atoms with Gasteiger partial charge in [0.2, 0.25) is 17.7 Å². The molecule has 0 spiro atoms. The van der Waals surface area contributed by atoms with E-state index in [1.807, 2.05) is 18.2 Å². The normalized spacial score (nSPS) is 16.0. The lowest BCUT2D eigenvalue weighted by molar-refractivity contribution is -0.114. The van der Waals surface area contributed by atoms with Gasteiger partial charge in [0.25, 0.3) is 0 Å². The summed E-state index contributed by atoms with van der Waals surface area (Å²) in [7, 11) is 0. The zero-order chi connectivity index (χ0) is 23.7. The Balaban J connectivity index is 1.40. The SMILES string of the molecule is CC(=O)Nc1nc2ccc(Oc3ccnc(N4CCNCC4c4ccc(C)cc4C)n3)cc2s1. The predicted molar refractivity (Wildman–Crippen MR) is 135 cm³/mol. The van der Waals surface area contributed by atoms with Crippen molar-refractivity contribution < 1.29 is 9.53 Å². The molecule has 1 saturated heterocycles. The number of aryl methyl sites for hydroxylation is 2. The predicted octanol–water partition coefficient (Wildman–Crippen LogP) is 4.60. The number of fused-ring (bicyclic) bond motifs is 1. The largest absolute Gasteiger partial charge is 0.439 e. The second kappa shape index (κ2) is 9.36. The van der Waals surface area contributed by atoms with Gasteiger partial charge in [-0.25, -0.2) is 9.97 Å². The average molecular weight is 475 g/mol. The minimum absolute atomic E-state index is 0.143. The van der Waals surface area contributed by atoms with Crippen molar-refractivity contribution >= 4 is 38.5 Å². The van der Waals surface area contributed by atoms with E-state index >= 15 is 0 Å². The Labute approximate surface area is 202 Å². The molecule has 34 heavy (non-hydrogen) atoms. The summed E-state index contributed by atoms with van der Waals surface area (Å²) in [6, 6.07) is 14.1. The third-order valence-corrected chi connectivity index (χ3v) is 6.70. The first kappa shape index (κ1) is 22.2. The van der Waals surface area contributed by atoms with Crippen molar-refractivity contribution in [2.24, 2.45) is 0 Å². The lowest BCUT2D eigenvalue weighted by Gasteiger charge is -2.37. The minimum atomic E-state index is -0.143. The van der Waals surface area contributed by atoms with Crippen molar-refractivity contribution in [3.05, 3.63) is 65.4 Å². The Hall–Kier alpha value is -3.56. The maximum atomic E-state index is 11.3. The van der Waals surface area contributed by atoms with Crippen molar-refractivity contribution in [2.45, 2.75) is 26.8 Å². The second-order valence-corrected chi connectivity index (χ2v) is 9.43. The number of anilines is 2.